The number of furan rings is 1. The molecule has 0 bridgehead atoms. The van der Waals surface area contributed by atoms with Gasteiger partial charge in [-0.1, -0.05) is 266 Å². The van der Waals surface area contributed by atoms with Crippen LogP contribution in [-0.2, 0) is 6.42 Å². The second kappa shape index (κ2) is 25.7. The van der Waals surface area contributed by atoms with Gasteiger partial charge in [0.15, 0.2) is 8.07 Å². The maximum absolute atomic E-state index is 6.94. The SMILES string of the molecule is CC1C=C([Si](c2ccc(-c3ccc4c(c3)sc3ccccc34)cc2)(c2cccc3c2c2ccccc2n3C2=CCC(C3C=Cc4oc5c(c4C3)=CCC(C3=CCC([Si](c4ccccc4)(c4cccc6c4c4ccccc4n6-c4ccccc4)C4CC=CCC4)C=C3)C=5)C=C2)C2C=CC=CC2)CCC1. The van der Waals surface area contributed by atoms with Crippen molar-refractivity contribution in [2.75, 3.05) is 0 Å². The van der Waals surface area contributed by atoms with E-state index in [-0.39, 0.29) is 5.92 Å². The lowest BCUT2D eigenvalue weighted by Crippen LogP contribution is -2.64. The van der Waals surface area contributed by atoms with Gasteiger partial charge in [-0.3, -0.25) is 0 Å². The molecule has 0 saturated heterocycles. The lowest BCUT2D eigenvalue weighted by molar-refractivity contribution is 0.459. The normalized spacial score (nSPS) is 22.7. The highest BCUT2D eigenvalue weighted by Crippen LogP contribution is 2.49. The molecule has 0 spiro atoms. The van der Waals surface area contributed by atoms with Crippen LogP contribution in [0.15, 0.2) is 313 Å². The standard InChI is InChI=1S/C97H84N2OSSi2/c1-65-23-20-32-79(61-65)103(76-30-12-5-13-31-76,78-56-47-68(48-57-78)71-50-59-82-81-33-16-19-40-92(81)101-93(82)64-71)95-42-22-39-89-97(95)84-35-15-18-37-87(84)99(89)73-52-43-66(44-53-73)69-51-60-90-85(62-69)80-58-49-70(63-91(80)100-90)67-45-54-77(55-46-67)102(74-26-8-3-9-27-74,75-28-10-4-11-29-75)94-41-21-38-88-96(94)83-34-14-17-36-86(83)98(88)72-24-6-2-7-25-72/h2-10,12-19,21-22,24-27,30,33-43,45-48,50-54,56-61,63-66,69-70,75-77H,11,20,23,28-29,31-32,44,49,55,62H2,1H3. The summed E-state index contributed by atoms with van der Waals surface area (Å²) in [6, 6.07) is 82.0. The van der Waals surface area contributed by atoms with Crippen LogP contribution in [0, 0.1) is 23.7 Å². The second-order valence-electron chi connectivity index (χ2n) is 30.5. The molecule has 4 heterocycles. The third kappa shape index (κ3) is 10.2. The molecule has 7 aliphatic rings. The van der Waals surface area contributed by atoms with Crippen molar-refractivity contribution < 1.29 is 4.42 Å². The number of hydrogen-bond donors (Lipinski definition) is 0. The highest BCUT2D eigenvalue weighted by Gasteiger charge is 2.52. The molecular formula is C97H84N2OSSi2. The number of allylic oxidation sites excluding steroid dienone is 17. The van der Waals surface area contributed by atoms with Gasteiger partial charge >= 0.3 is 0 Å². The highest BCUT2D eigenvalue weighted by molar-refractivity contribution is 7.25. The largest absolute Gasteiger partial charge is 0.457 e. The van der Waals surface area contributed by atoms with E-state index in [0.29, 0.717) is 34.4 Å². The first-order chi connectivity index (χ1) is 51.0. The fourth-order valence-electron chi connectivity index (χ4n) is 20.6. The van der Waals surface area contributed by atoms with Crippen molar-refractivity contribution in [2.45, 2.75) is 94.2 Å². The van der Waals surface area contributed by atoms with Crippen LogP contribution in [0.2, 0.25) is 16.6 Å². The minimum Gasteiger partial charge on any atom is -0.457 e. The summed E-state index contributed by atoms with van der Waals surface area (Å²) < 4.78 is 14.8. The van der Waals surface area contributed by atoms with Crippen LogP contribution in [0.5, 0.6) is 0 Å². The summed E-state index contributed by atoms with van der Waals surface area (Å²) in [7, 11) is -5.41. The Morgan fingerprint density at radius 1 is 0.485 bits per heavy atom. The number of fused-ring (bicyclic) bond motifs is 12. The van der Waals surface area contributed by atoms with Gasteiger partial charge < -0.3 is 13.6 Å². The summed E-state index contributed by atoms with van der Waals surface area (Å²) >= 11 is 1.91. The van der Waals surface area contributed by atoms with Crippen molar-refractivity contribution in [2.24, 2.45) is 23.7 Å². The fourth-order valence-corrected chi connectivity index (χ4v) is 34.2. The van der Waals surface area contributed by atoms with Gasteiger partial charge in [0.05, 0.1) is 22.1 Å². The fraction of sp³-hybridized carbons (Fsp3) is 0.196. The van der Waals surface area contributed by atoms with E-state index < -0.39 is 16.1 Å². The molecule has 0 saturated carbocycles. The molecule has 103 heavy (non-hydrogen) atoms. The zero-order valence-corrected chi connectivity index (χ0v) is 61.4. The molecule has 9 aromatic carbocycles. The minimum atomic E-state index is -2.79. The lowest BCUT2D eigenvalue weighted by atomic mass is 9.79. The molecule has 20 rings (SSSR count). The van der Waals surface area contributed by atoms with Crippen LogP contribution in [0.3, 0.4) is 0 Å². The van der Waals surface area contributed by atoms with Crippen LogP contribution < -0.4 is 31.4 Å². The highest BCUT2D eigenvalue weighted by atomic mass is 32.1. The molecule has 9 atom stereocenters. The van der Waals surface area contributed by atoms with Crippen LogP contribution >= 0.6 is 11.3 Å². The average molecular weight is 1380 g/mol. The Kier molecular flexibility index (Phi) is 15.6. The smallest absolute Gasteiger partial charge is 0.151 e. The average Bonchev–Trinajstić information content (AvgIpc) is 1.67. The summed E-state index contributed by atoms with van der Waals surface area (Å²) in [4.78, 5) is 0. The van der Waals surface area contributed by atoms with Crippen molar-refractivity contribution in [3.05, 3.63) is 330 Å². The van der Waals surface area contributed by atoms with Crippen LogP contribution in [0.4, 0.5) is 0 Å². The molecule has 3 nitrogen and oxygen atoms in total. The van der Waals surface area contributed by atoms with E-state index in [2.05, 4.69) is 332 Å². The van der Waals surface area contributed by atoms with Crippen LogP contribution in [0.25, 0.3) is 105 Å². The van der Waals surface area contributed by atoms with Gasteiger partial charge in [-0.05, 0) is 204 Å². The van der Waals surface area contributed by atoms with Crippen LogP contribution in [0.1, 0.15) is 82.5 Å². The molecule has 0 N–H and O–H groups in total. The van der Waals surface area contributed by atoms with Gasteiger partial charge in [0.1, 0.15) is 19.2 Å². The van der Waals surface area contributed by atoms with E-state index in [0.717, 1.165) is 62.5 Å². The monoisotopic (exact) mass is 1380 g/mol. The zero-order valence-electron chi connectivity index (χ0n) is 58.6. The van der Waals surface area contributed by atoms with Gasteiger partial charge in [0.2, 0.25) is 0 Å². The van der Waals surface area contributed by atoms with Gasteiger partial charge in [-0.2, -0.15) is 0 Å². The number of benzene rings is 9. The number of rotatable bonds is 13. The Hall–Kier alpha value is -10.1. The van der Waals surface area contributed by atoms with Crippen molar-refractivity contribution in [3.8, 4) is 16.8 Å². The summed E-state index contributed by atoms with van der Waals surface area (Å²) in [5, 5.41) is 17.5. The number of hydrogen-bond acceptors (Lipinski definition) is 2. The van der Waals surface area contributed by atoms with Crippen molar-refractivity contribution >= 4 is 136 Å². The molecule has 4 aromatic heterocycles. The zero-order chi connectivity index (χ0) is 68.2. The molecule has 0 fully saturated rings. The van der Waals surface area contributed by atoms with E-state index >= 15 is 0 Å². The van der Waals surface area contributed by atoms with Gasteiger partial charge in [-0.25, -0.2) is 0 Å². The Morgan fingerprint density at radius 2 is 1.20 bits per heavy atom. The molecule has 9 unspecified atom stereocenters. The third-order valence-corrected chi connectivity index (χ3v) is 37.8. The van der Waals surface area contributed by atoms with Crippen molar-refractivity contribution in [1.82, 2.24) is 9.13 Å². The Labute approximate surface area is 610 Å². The predicted octanol–water partition coefficient (Wildman–Crippen LogP) is 21.8. The summed E-state index contributed by atoms with van der Waals surface area (Å²) in [6.07, 6.45) is 54.7. The van der Waals surface area contributed by atoms with Gasteiger partial charge in [-0.15, -0.1) is 11.3 Å². The third-order valence-electron chi connectivity index (χ3n) is 25.2. The minimum absolute atomic E-state index is 0.260. The van der Waals surface area contributed by atoms with Gasteiger partial charge in [0.25, 0.3) is 0 Å². The molecule has 0 radical (unpaired) electrons. The first-order valence-electron chi connectivity index (χ1n) is 38.1. The van der Waals surface area contributed by atoms with Crippen molar-refractivity contribution in [3.63, 3.8) is 0 Å². The summed E-state index contributed by atoms with van der Waals surface area (Å²) in [5.74, 6) is 2.59. The van der Waals surface area contributed by atoms with Gasteiger partial charge in [0, 0.05) is 69.8 Å². The van der Waals surface area contributed by atoms with E-state index in [1.165, 1.54) is 127 Å². The molecule has 7 aliphatic carbocycles. The Morgan fingerprint density at radius 3 is 1.96 bits per heavy atom. The molecule has 0 amide bonds. The maximum Gasteiger partial charge on any atom is 0.151 e. The van der Waals surface area contributed by atoms with E-state index in [1.807, 2.05) is 11.3 Å². The van der Waals surface area contributed by atoms with E-state index in [1.54, 1.807) is 20.8 Å². The first-order valence-corrected chi connectivity index (χ1v) is 43.2. The molecule has 0 aliphatic heterocycles. The van der Waals surface area contributed by atoms with E-state index in [9.17, 15) is 0 Å². The van der Waals surface area contributed by atoms with Crippen molar-refractivity contribution in [1.29, 1.82) is 0 Å². The summed E-state index contributed by atoms with van der Waals surface area (Å²) in [6.45, 7) is 2.46. The topological polar surface area (TPSA) is 23.0 Å². The number of thiophene rings is 1. The Bertz CT molecular complexity index is 6000. The second-order valence-corrected chi connectivity index (χ2v) is 40.1. The summed E-state index contributed by atoms with van der Waals surface area (Å²) in [5.41, 5.74) is 15.4. The first kappa shape index (κ1) is 62.7. The molecular weight excluding hydrogens is 1300 g/mol. The lowest BCUT2D eigenvalue weighted by Gasteiger charge is -2.46. The maximum atomic E-state index is 6.94. The Balaban J connectivity index is 0.602. The van der Waals surface area contributed by atoms with Crippen LogP contribution in [-0.4, -0.2) is 25.3 Å². The number of para-hydroxylation sites is 3. The number of nitrogens with zero attached hydrogens (tertiary/aromatic N) is 2. The number of aromatic nitrogens is 2. The van der Waals surface area contributed by atoms with E-state index in [4.69, 9.17) is 4.42 Å². The molecule has 6 heteroatoms. The molecule has 13 aromatic rings. The molecule has 502 valence electrons. The predicted molar refractivity (Wildman–Crippen MR) is 444 cm³/mol. The quantitative estimate of drug-likeness (QED) is 0.0833.